The molecule has 6 nitrogen and oxygen atoms in total. The van der Waals surface area contributed by atoms with E-state index in [0.717, 1.165) is 24.6 Å². The molecule has 1 saturated heterocycles. The summed E-state index contributed by atoms with van der Waals surface area (Å²) in [5.74, 6) is -5.97. The number of hydrogen-bond acceptors (Lipinski definition) is 5. The van der Waals surface area contributed by atoms with Gasteiger partial charge < -0.3 is 9.30 Å². The third-order valence-electron chi connectivity index (χ3n) is 6.37. The zero-order chi connectivity index (χ0) is 26.7. The van der Waals surface area contributed by atoms with Gasteiger partial charge in [0.1, 0.15) is 0 Å². The summed E-state index contributed by atoms with van der Waals surface area (Å²) in [5, 5.41) is 0.344. The molecule has 12 heteroatoms. The second-order valence-electron chi connectivity index (χ2n) is 9.09. The van der Waals surface area contributed by atoms with Gasteiger partial charge in [-0.05, 0) is 50.3 Å². The van der Waals surface area contributed by atoms with Gasteiger partial charge in [-0.25, -0.2) is 31.0 Å². The monoisotopic (exact) mass is 559 g/mol. The van der Waals surface area contributed by atoms with Crippen LogP contribution in [0.4, 0.5) is 17.6 Å². The van der Waals surface area contributed by atoms with Crippen LogP contribution in [0.3, 0.4) is 0 Å². The molecule has 2 aromatic carbocycles. The number of rotatable bonds is 10. The largest absolute Gasteiger partial charge is 0.382 e. The molecule has 1 aliphatic rings. The van der Waals surface area contributed by atoms with Crippen molar-refractivity contribution in [3.8, 4) is 0 Å². The van der Waals surface area contributed by atoms with Crippen LogP contribution >= 0.6 is 11.8 Å². The molecule has 202 valence electrons. The van der Waals surface area contributed by atoms with Gasteiger partial charge in [-0.2, -0.15) is 4.31 Å². The summed E-state index contributed by atoms with van der Waals surface area (Å²) in [4.78, 5) is 4.65. The lowest BCUT2D eigenvalue weighted by Crippen LogP contribution is -2.39. The van der Waals surface area contributed by atoms with Gasteiger partial charge >= 0.3 is 0 Å². The number of thioether (sulfide) groups is 1. The van der Waals surface area contributed by atoms with Crippen molar-refractivity contribution >= 4 is 32.8 Å². The number of benzene rings is 2. The number of hydrogen-bond donors (Lipinski definition) is 0. The Morgan fingerprint density at radius 1 is 1.14 bits per heavy atom. The fourth-order valence-corrected chi connectivity index (χ4v) is 7.10. The van der Waals surface area contributed by atoms with E-state index in [2.05, 4.69) is 4.98 Å². The van der Waals surface area contributed by atoms with Crippen molar-refractivity contribution in [3.63, 3.8) is 0 Å². The Labute approximate surface area is 218 Å². The minimum absolute atomic E-state index is 0.119. The van der Waals surface area contributed by atoms with E-state index >= 15 is 0 Å². The van der Waals surface area contributed by atoms with E-state index in [1.54, 1.807) is 10.6 Å². The first-order valence-electron chi connectivity index (χ1n) is 12.2. The number of sulfonamides is 1. The fraction of sp³-hybridized carbons (Fsp3) is 0.480. The van der Waals surface area contributed by atoms with Crippen LogP contribution in [0.15, 0.2) is 34.3 Å². The second kappa shape index (κ2) is 11.7. The van der Waals surface area contributed by atoms with Gasteiger partial charge in [0.15, 0.2) is 28.4 Å². The molecule has 0 aliphatic carbocycles. The number of aromatic nitrogens is 2. The molecule has 0 radical (unpaired) electrons. The molecule has 37 heavy (non-hydrogen) atoms. The number of ether oxygens (including phenoxy) is 1. The van der Waals surface area contributed by atoms with Crippen molar-refractivity contribution in [2.75, 3.05) is 26.3 Å². The molecule has 2 heterocycles. The summed E-state index contributed by atoms with van der Waals surface area (Å²) in [6.07, 6.45) is 2.38. The van der Waals surface area contributed by atoms with Crippen LogP contribution in [0.2, 0.25) is 0 Å². The van der Waals surface area contributed by atoms with Crippen LogP contribution in [0.1, 0.15) is 38.7 Å². The van der Waals surface area contributed by atoms with E-state index < -0.39 is 44.6 Å². The lowest BCUT2D eigenvalue weighted by molar-refractivity contribution is 0.141. The highest BCUT2D eigenvalue weighted by Gasteiger charge is 2.29. The summed E-state index contributed by atoms with van der Waals surface area (Å²) in [6, 6.07) is 4.87. The third-order valence-corrected chi connectivity index (χ3v) is 9.23. The van der Waals surface area contributed by atoms with E-state index in [-0.39, 0.29) is 16.9 Å². The molecule has 0 spiro atoms. The molecular weight excluding hydrogens is 530 g/mol. The SMILES string of the molecule is CCOCCCn1c(SCc2c(F)c(F)cc(F)c2F)nc2cc(S(=O)(=O)N3CCC[C@@H](C)C3)ccc21. The maximum atomic E-state index is 14.2. The topological polar surface area (TPSA) is 64.4 Å². The van der Waals surface area contributed by atoms with Crippen LogP contribution in [-0.4, -0.2) is 48.6 Å². The van der Waals surface area contributed by atoms with Gasteiger partial charge in [0.2, 0.25) is 10.0 Å². The first-order chi connectivity index (χ1) is 17.6. The molecule has 0 N–H and O–H groups in total. The van der Waals surface area contributed by atoms with Crippen molar-refractivity contribution in [2.24, 2.45) is 5.92 Å². The fourth-order valence-electron chi connectivity index (χ4n) is 4.44. The lowest BCUT2D eigenvalue weighted by Gasteiger charge is -2.30. The van der Waals surface area contributed by atoms with Gasteiger partial charge in [0.05, 0.1) is 15.9 Å². The van der Waals surface area contributed by atoms with E-state index in [4.69, 9.17) is 4.74 Å². The zero-order valence-electron chi connectivity index (χ0n) is 20.6. The van der Waals surface area contributed by atoms with Crippen molar-refractivity contribution in [3.05, 3.63) is 53.1 Å². The molecule has 4 rings (SSSR count). The van der Waals surface area contributed by atoms with Crippen LogP contribution in [0.5, 0.6) is 0 Å². The minimum Gasteiger partial charge on any atom is -0.382 e. The first kappa shape index (κ1) is 27.9. The van der Waals surface area contributed by atoms with Crippen LogP contribution in [0.25, 0.3) is 11.0 Å². The number of aryl methyl sites for hydroxylation is 1. The Balaban J connectivity index is 1.67. The molecule has 1 fully saturated rings. The molecule has 0 unspecified atom stereocenters. The lowest BCUT2D eigenvalue weighted by atomic mass is 10.0. The molecule has 0 saturated carbocycles. The maximum Gasteiger partial charge on any atom is 0.243 e. The van der Waals surface area contributed by atoms with Crippen molar-refractivity contribution in [1.82, 2.24) is 13.9 Å². The van der Waals surface area contributed by atoms with Gasteiger partial charge in [-0.1, -0.05) is 18.7 Å². The average Bonchev–Trinajstić information content (AvgIpc) is 3.22. The number of piperidine rings is 1. The predicted octanol–water partition coefficient (Wildman–Crippen LogP) is 5.73. The van der Waals surface area contributed by atoms with Crippen LogP contribution < -0.4 is 0 Å². The van der Waals surface area contributed by atoms with Gasteiger partial charge in [0, 0.05) is 50.2 Å². The van der Waals surface area contributed by atoms with Gasteiger partial charge in [-0.3, -0.25) is 0 Å². The molecular formula is C25H29F4N3O3S2. The Morgan fingerprint density at radius 3 is 2.54 bits per heavy atom. The Kier molecular flexibility index (Phi) is 8.82. The number of nitrogens with zero attached hydrogens (tertiary/aromatic N) is 3. The summed E-state index contributed by atoms with van der Waals surface area (Å²) in [5.41, 5.74) is 0.311. The van der Waals surface area contributed by atoms with Crippen molar-refractivity contribution in [1.29, 1.82) is 0 Å². The highest BCUT2D eigenvalue weighted by molar-refractivity contribution is 7.98. The third kappa shape index (κ3) is 5.97. The minimum atomic E-state index is -3.72. The summed E-state index contributed by atoms with van der Waals surface area (Å²) in [6.45, 7) is 6.27. The molecule has 1 aliphatic heterocycles. The highest BCUT2D eigenvalue weighted by Crippen LogP contribution is 2.32. The number of imidazole rings is 1. The standard InChI is InChI=1S/C25H29F4N3O3S2/c1-3-35-11-5-10-32-22-8-7-17(37(33,34)31-9-4-6-16(2)14-31)12-21(22)30-25(32)36-15-18-23(28)19(26)13-20(27)24(18)29/h7-8,12-13,16H,3-6,9-11,14-15H2,1-2H3/t16-/m1/s1. The quantitative estimate of drug-likeness (QED) is 0.137. The molecule has 0 amide bonds. The zero-order valence-corrected chi connectivity index (χ0v) is 22.3. The van der Waals surface area contributed by atoms with Crippen molar-refractivity contribution in [2.45, 2.75) is 55.5 Å². The van der Waals surface area contributed by atoms with E-state index in [0.29, 0.717) is 55.5 Å². The summed E-state index contributed by atoms with van der Waals surface area (Å²) < 4.78 is 91.0. The average molecular weight is 560 g/mol. The van der Waals surface area contributed by atoms with Crippen molar-refractivity contribution < 1.29 is 30.7 Å². The first-order valence-corrected chi connectivity index (χ1v) is 14.6. The number of halogens is 4. The highest BCUT2D eigenvalue weighted by atomic mass is 32.2. The molecule has 3 aromatic rings. The molecule has 1 aromatic heterocycles. The Bertz CT molecular complexity index is 1360. The summed E-state index contributed by atoms with van der Waals surface area (Å²) in [7, 11) is -3.72. The van der Waals surface area contributed by atoms with E-state index in [1.165, 1.54) is 16.4 Å². The smallest absolute Gasteiger partial charge is 0.243 e. The second-order valence-corrected chi connectivity index (χ2v) is 12.0. The summed E-state index contributed by atoms with van der Waals surface area (Å²) >= 11 is 0.915. The van der Waals surface area contributed by atoms with E-state index in [9.17, 15) is 26.0 Å². The Morgan fingerprint density at radius 2 is 1.86 bits per heavy atom. The molecule has 0 bridgehead atoms. The predicted molar refractivity (Wildman–Crippen MR) is 134 cm³/mol. The van der Waals surface area contributed by atoms with Gasteiger partial charge in [0.25, 0.3) is 0 Å². The van der Waals surface area contributed by atoms with E-state index in [1.807, 2.05) is 13.8 Å². The molecule has 1 atom stereocenters. The van der Waals surface area contributed by atoms with Gasteiger partial charge in [-0.15, -0.1) is 0 Å². The maximum absolute atomic E-state index is 14.2. The van der Waals surface area contributed by atoms with Crippen LogP contribution in [-0.2, 0) is 27.1 Å². The number of fused-ring (bicyclic) bond motifs is 1. The Hall–Kier alpha value is -2.15. The van der Waals surface area contributed by atoms with Crippen LogP contribution in [0, 0.1) is 29.2 Å². The normalized spacial score (nSPS) is 17.1.